The van der Waals surface area contributed by atoms with E-state index < -0.39 is 40.9 Å². The van der Waals surface area contributed by atoms with Crippen LogP contribution in [0.15, 0.2) is 18.2 Å². The van der Waals surface area contributed by atoms with E-state index in [1.165, 1.54) is 0 Å². The van der Waals surface area contributed by atoms with E-state index in [0.29, 0.717) is 18.2 Å². The number of hydrogen-bond acceptors (Lipinski definition) is 3. The number of hydrogen-bond donors (Lipinski definition) is 2. The smallest absolute Gasteiger partial charge is 0.416 e. The average Bonchev–Trinajstić information content (AvgIpc) is 2.32. The van der Waals surface area contributed by atoms with Gasteiger partial charge in [-0.1, -0.05) is 0 Å². The van der Waals surface area contributed by atoms with Gasteiger partial charge in [-0.05, 0) is 44.5 Å². The maximum atomic E-state index is 13.3. The van der Waals surface area contributed by atoms with Gasteiger partial charge in [0.05, 0.1) is 11.6 Å². The Kier molecular flexibility index (Phi) is 5.39. The van der Waals surface area contributed by atoms with Crippen molar-refractivity contribution in [1.29, 1.82) is 0 Å². The van der Waals surface area contributed by atoms with Crippen molar-refractivity contribution in [2.45, 2.75) is 38.6 Å². The lowest BCUT2D eigenvalue weighted by atomic mass is 9.99. The fraction of sp³-hybridized carbons (Fsp3) is 0.500. The van der Waals surface area contributed by atoms with Crippen molar-refractivity contribution in [3.05, 3.63) is 35.1 Å². The number of amides is 1. The Morgan fingerprint density at radius 2 is 1.91 bits per heavy atom. The van der Waals surface area contributed by atoms with E-state index in [0.717, 1.165) is 0 Å². The molecular formula is C14H18F4N2O2. The molecule has 0 aliphatic heterocycles. The molecule has 0 aromatic heterocycles. The minimum absolute atomic E-state index is 0.341. The maximum absolute atomic E-state index is 13.3. The molecule has 0 saturated carbocycles. The SMILES string of the molecule is CC(C)(C)OC(=O)NC(CN)c1cc(F)ccc1C(F)(F)F. The lowest BCUT2D eigenvalue weighted by molar-refractivity contribution is -0.138. The second-order valence-corrected chi connectivity index (χ2v) is 5.66. The zero-order valence-electron chi connectivity index (χ0n) is 12.4. The van der Waals surface area contributed by atoms with Crippen molar-refractivity contribution in [3.63, 3.8) is 0 Å². The van der Waals surface area contributed by atoms with Crippen molar-refractivity contribution >= 4 is 6.09 Å². The van der Waals surface area contributed by atoms with Crippen LogP contribution in [-0.2, 0) is 10.9 Å². The van der Waals surface area contributed by atoms with E-state index in [-0.39, 0.29) is 6.54 Å². The van der Waals surface area contributed by atoms with Crippen LogP contribution in [0.25, 0.3) is 0 Å². The Morgan fingerprint density at radius 1 is 1.32 bits per heavy atom. The number of halogens is 4. The van der Waals surface area contributed by atoms with E-state index in [4.69, 9.17) is 10.5 Å². The van der Waals surface area contributed by atoms with Gasteiger partial charge in [0.1, 0.15) is 11.4 Å². The fourth-order valence-corrected chi connectivity index (χ4v) is 1.79. The van der Waals surface area contributed by atoms with Gasteiger partial charge < -0.3 is 15.8 Å². The number of carbonyl (C=O) groups is 1. The second kappa shape index (κ2) is 6.51. The largest absolute Gasteiger partial charge is 0.444 e. The molecular weight excluding hydrogens is 304 g/mol. The molecule has 1 atom stereocenters. The molecule has 1 aromatic rings. The Labute approximate surface area is 125 Å². The summed E-state index contributed by atoms with van der Waals surface area (Å²) in [5, 5.41) is 2.23. The van der Waals surface area contributed by atoms with Crippen LogP contribution in [0.3, 0.4) is 0 Å². The number of benzene rings is 1. The second-order valence-electron chi connectivity index (χ2n) is 5.66. The highest BCUT2D eigenvalue weighted by molar-refractivity contribution is 5.68. The van der Waals surface area contributed by atoms with Gasteiger partial charge in [0, 0.05) is 6.54 Å². The topological polar surface area (TPSA) is 64.3 Å². The molecule has 1 rings (SSSR count). The predicted octanol–water partition coefficient (Wildman–Crippen LogP) is 3.37. The van der Waals surface area contributed by atoms with Crippen LogP contribution in [0.5, 0.6) is 0 Å². The lowest BCUT2D eigenvalue weighted by Gasteiger charge is -2.25. The average molecular weight is 322 g/mol. The molecule has 0 fully saturated rings. The highest BCUT2D eigenvalue weighted by atomic mass is 19.4. The van der Waals surface area contributed by atoms with Gasteiger partial charge in [0.15, 0.2) is 0 Å². The molecule has 0 saturated heterocycles. The minimum atomic E-state index is -4.69. The van der Waals surface area contributed by atoms with Crippen LogP contribution in [0, 0.1) is 5.82 Å². The normalized spacial score (nSPS) is 13.6. The lowest BCUT2D eigenvalue weighted by Crippen LogP contribution is -2.38. The van der Waals surface area contributed by atoms with E-state index in [1.807, 2.05) is 0 Å². The number of nitrogens with one attached hydrogen (secondary N) is 1. The number of alkyl halides is 3. The Balaban J connectivity index is 3.10. The standard InChI is InChI=1S/C14H18F4N2O2/c1-13(2,3)22-12(21)20-11(7-19)9-6-8(15)4-5-10(9)14(16,17)18/h4-6,11H,7,19H2,1-3H3,(H,20,21). The molecule has 4 nitrogen and oxygen atoms in total. The molecule has 22 heavy (non-hydrogen) atoms. The van der Waals surface area contributed by atoms with E-state index in [2.05, 4.69) is 5.32 Å². The third-order valence-corrected chi connectivity index (χ3v) is 2.62. The van der Waals surface area contributed by atoms with Gasteiger partial charge in [-0.3, -0.25) is 0 Å². The molecule has 0 spiro atoms. The van der Waals surface area contributed by atoms with Crippen molar-refractivity contribution in [3.8, 4) is 0 Å². The van der Waals surface area contributed by atoms with Crippen LogP contribution >= 0.6 is 0 Å². The Bertz CT molecular complexity index is 539. The number of ether oxygens (including phenoxy) is 1. The summed E-state index contributed by atoms with van der Waals surface area (Å²) in [4.78, 5) is 11.7. The van der Waals surface area contributed by atoms with Gasteiger partial charge >= 0.3 is 12.3 Å². The fourth-order valence-electron chi connectivity index (χ4n) is 1.79. The summed E-state index contributed by atoms with van der Waals surface area (Å²) >= 11 is 0. The van der Waals surface area contributed by atoms with Crippen molar-refractivity contribution in [2.75, 3.05) is 6.54 Å². The van der Waals surface area contributed by atoms with Crippen molar-refractivity contribution < 1.29 is 27.1 Å². The van der Waals surface area contributed by atoms with E-state index in [1.54, 1.807) is 20.8 Å². The third kappa shape index (κ3) is 5.18. The van der Waals surface area contributed by atoms with E-state index in [9.17, 15) is 22.4 Å². The first-order chi connectivity index (χ1) is 9.94. The highest BCUT2D eigenvalue weighted by Crippen LogP contribution is 2.35. The molecule has 0 aliphatic carbocycles. The van der Waals surface area contributed by atoms with Gasteiger partial charge in [-0.15, -0.1) is 0 Å². The van der Waals surface area contributed by atoms with Gasteiger partial charge in [-0.25, -0.2) is 9.18 Å². The van der Waals surface area contributed by atoms with Crippen molar-refractivity contribution in [1.82, 2.24) is 5.32 Å². The molecule has 0 aliphatic rings. The number of carbonyl (C=O) groups excluding carboxylic acids is 1. The van der Waals surface area contributed by atoms with Gasteiger partial charge in [-0.2, -0.15) is 13.2 Å². The Morgan fingerprint density at radius 3 is 2.36 bits per heavy atom. The maximum Gasteiger partial charge on any atom is 0.416 e. The predicted molar refractivity (Wildman–Crippen MR) is 72.6 cm³/mol. The quantitative estimate of drug-likeness (QED) is 0.839. The molecule has 0 bridgehead atoms. The summed E-state index contributed by atoms with van der Waals surface area (Å²) in [7, 11) is 0. The van der Waals surface area contributed by atoms with Gasteiger partial charge in [0.2, 0.25) is 0 Å². The summed E-state index contributed by atoms with van der Waals surface area (Å²) in [6.45, 7) is 4.47. The monoisotopic (exact) mass is 322 g/mol. The zero-order chi connectivity index (χ0) is 17.1. The summed E-state index contributed by atoms with van der Waals surface area (Å²) in [6, 6.07) is 0.803. The Hall–Kier alpha value is -1.83. The molecule has 1 aromatic carbocycles. The molecule has 8 heteroatoms. The first-order valence-electron chi connectivity index (χ1n) is 6.50. The van der Waals surface area contributed by atoms with Gasteiger partial charge in [0.25, 0.3) is 0 Å². The highest BCUT2D eigenvalue weighted by Gasteiger charge is 2.36. The summed E-state index contributed by atoms with van der Waals surface area (Å²) in [6.07, 6.45) is -5.62. The number of rotatable bonds is 3. The summed E-state index contributed by atoms with van der Waals surface area (Å²) in [5.41, 5.74) is 3.10. The summed E-state index contributed by atoms with van der Waals surface area (Å²) in [5.74, 6) is -0.854. The third-order valence-electron chi connectivity index (χ3n) is 2.62. The van der Waals surface area contributed by atoms with Crippen LogP contribution in [0.1, 0.15) is 37.9 Å². The molecule has 3 N–H and O–H groups in total. The van der Waals surface area contributed by atoms with Crippen LogP contribution in [0.2, 0.25) is 0 Å². The minimum Gasteiger partial charge on any atom is -0.444 e. The molecule has 1 unspecified atom stereocenters. The van der Waals surface area contributed by atoms with Crippen LogP contribution in [0.4, 0.5) is 22.4 Å². The number of alkyl carbamates (subject to hydrolysis) is 1. The summed E-state index contributed by atoms with van der Waals surface area (Å²) < 4.78 is 57.2. The first-order valence-corrected chi connectivity index (χ1v) is 6.50. The molecule has 0 radical (unpaired) electrons. The molecule has 124 valence electrons. The molecule has 0 heterocycles. The molecule has 1 amide bonds. The zero-order valence-corrected chi connectivity index (χ0v) is 12.4. The first kappa shape index (κ1) is 18.2. The van der Waals surface area contributed by atoms with Crippen LogP contribution < -0.4 is 11.1 Å². The van der Waals surface area contributed by atoms with Crippen molar-refractivity contribution in [2.24, 2.45) is 5.73 Å². The van der Waals surface area contributed by atoms with Crippen LogP contribution in [-0.4, -0.2) is 18.2 Å². The number of nitrogens with two attached hydrogens (primary N) is 1. The van der Waals surface area contributed by atoms with E-state index >= 15 is 0 Å².